The van der Waals surface area contributed by atoms with Gasteiger partial charge in [0.05, 0.1) is 23.3 Å². The molecule has 11 heteroatoms. The van der Waals surface area contributed by atoms with Crippen LogP contribution < -0.4 is 5.32 Å². The van der Waals surface area contributed by atoms with Crippen molar-refractivity contribution in [1.82, 2.24) is 19.6 Å². The van der Waals surface area contributed by atoms with E-state index in [1.807, 2.05) is 0 Å². The second-order valence-electron chi connectivity index (χ2n) is 6.29. The molecule has 0 saturated heterocycles. The first-order valence-electron chi connectivity index (χ1n) is 8.51. The summed E-state index contributed by atoms with van der Waals surface area (Å²) in [7, 11) is 0. The van der Waals surface area contributed by atoms with E-state index in [9.17, 15) is 22.4 Å². The quantitative estimate of drug-likeness (QED) is 0.540. The van der Waals surface area contributed by atoms with E-state index in [2.05, 4.69) is 31.4 Å². The summed E-state index contributed by atoms with van der Waals surface area (Å²) in [6.07, 6.45) is -2.99. The number of carbonyl (C=O) groups is 1. The molecule has 2 heterocycles. The highest BCUT2D eigenvalue weighted by Gasteiger charge is 2.37. The summed E-state index contributed by atoms with van der Waals surface area (Å²) in [5, 5.41) is 10.3. The van der Waals surface area contributed by atoms with Crippen LogP contribution in [0.15, 0.2) is 41.0 Å². The van der Waals surface area contributed by atoms with Crippen molar-refractivity contribution in [2.45, 2.75) is 32.6 Å². The zero-order chi connectivity index (χ0) is 21.2. The number of nitrogens with zero attached hydrogens (tertiary/aromatic N) is 4. The van der Waals surface area contributed by atoms with Gasteiger partial charge in [0.25, 0.3) is 0 Å². The smallest absolute Gasteiger partial charge is 0.309 e. The highest BCUT2D eigenvalue weighted by Crippen LogP contribution is 2.35. The average molecular weight is 474 g/mol. The van der Waals surface area contributed by atoms with Crippen LogP contribution in [0, 0.1) is 12.7 Å². The van der Waals surface area contributed by atoms with E-state index in [1.165, 1.54) is 19.1 Å². The fourth-order valence-corrected chi connectivity index (χ4v) is 3.14. The fraction of sp³-hybridized carbons (Fsp3) is 0.278. The van der Waals surface area contributed by atoms with Crippen LogP contribution in [0.5, 0.6) is 0 Å². The molecule has 0 aliphatic heterocycles. The van der Waals surface area contributed by atoms with Crippen LogP contribution in [0.25, 0.3) is 0 Å². The number of amides is 1. The van der Waals surface area contributed by atoms with E-state index in [0.29, 0.717) is 12.4 Å². The molecule has 0 fully saturated rings. The molecule has 0 saturated carbocycles. The minimum atomic E-state index is -4.57. The second kappa shape index (κ2) is 8.36. The lowest BCUT2D eigenvalue weighted by molar-refractivity contribution is -0.142. The summed E-state index contributed by atoms with van der Waals surface area (Å²) < 4.78 is 54.2. The Morgan fingerprint density at radius 1 is 1.17 bits per heavy atom. The number of carbonyl (C=O) groups excluding carboxylic acids is 1. The van der Waals surface area contributed by atoms with Gasteiger partial charge < -0.3 is 5.32 Å². The largest absolute Gasteiger partial charge is 0.436 e. The van der Waals surface area contributed by atoms with Crippen molar-refractivity contribution in [3.63, 3.8) is 0 Å². The molecule has 29 heavy (non-hydrogen) atoms. The molecule has 0 atom stereocenters. The number of alkyl halides is 3. The summed E-state index contributed by atoms with van der Waals surface area (Å²) in [4.78, 5) is 12.1. The van der Waals surface area contributed by atoms with E-state index in [0.717, 1.165) is 10.2 Å². The van der Waals surface area contributed by atoms with Crippen molar-refractivity contribution < 1.29 is 22.4 Å². The molecule has 0 aliphatic carbocycles. The molecule has 0 spiro atoms. The van der Waals surface area contributed by atoms with Gasteiger partial charge in [-0.05, 0) is 40.5 Å². The monoisotopic (exact) mass is 473 g/mol. The second-order valence-corrected chi connectivity index (χ2v) is 7.09. The van der Waals surface area contributed by atoms with Crippen molar-refractivity contribution in [2.75, 3.05) is 5.32 Å². The molecule has 0 bridgehead atoms. The molecule has 0 aliphatic rings. The lowest BCUT2D eigenvalue weighted by Gasteiger charge is -2.05. The third-order valence-corrected chi connectivity index (χ3v) is 5.07. The Hall–Kier alpha value is -2.69. The number of aryl methyl sites for hydroxylation is 1. The highest BCUT2D eigenvalue weighted by atomic mass is 79.9. The average Bonchev–Trinajstić information content (AvgIpc) is 3.20. The van der Waals surface area contributed by atoms with Gasteiger partial charge in [-0.3, -0.25) is 14.2 Å². The molecule has 1 amide bonds. The van der Waals surface area contributed by atoms with Crippen molar-refractivity contribution in [3.8, 4) is 0 Å². The lowest BCUT2D eigenvalue weighted by atomic mass is 10.2. The molecule has 154 valence electrons. The Kier molecular flexibility index (Phi) is 6.06. The predicted octanol–water partition coefficient (Wildman–Crippen LogP) is 4.39. The molecule has 3 rings (SSSR count). The zero-order valence-corrected chi connectivity index (χ0v) is 16.8. The van der Waals surface area contributed by atoms with Gasteiger partial charge in [0.2, 0.25) is 5.91 Å². The first kappa shape index (κ1) is 21.0. The van der Waals surface area contributed by atoms with Crippen LogP contribution in [0.2, 0.25) is 0 Å². The number of rotatable bonds is 6. The molecule has 0 radical (unpaired) electrons. The van der Waals surface area contributed by atoms with Crippen LogP contribution in [-0.4, -0.2) is 25.5 Å². The summed E-state index contributed by atoms with van der Waals surface area (Å²) in [5.41, 5.74) is 0.108. The molecule has 3 aromatic rings. The highest BCUT2D eigenvalue weighted by molar-refractivity contribution is 9.10. The number of hydrogen-bond acceptors (Lipinski definition) is 3. The molecule has 2 aromatic heterocycles. The predicted molar refractivity (Wildman–Crippen MR) is 101 cm³/mol. The van der Waals surface area contributed by atoms with Crippen molar-refractivity contribution in [2.24, 2.45) is 0 Å². The van der Waals surface area contributed by atoms with E-state index in [-0.39, 0.29) is 28.9 Å². The summed E-state index contributed by atoms with van der Waals surface area (Å²) >= 11 is 2.89. The van der Waals surface area contributed by atoms with E-state index < -0.39 is 17.8 Å². The standard InChI is InChI=1S/C18H16BrF4N5O/c1-11-16(19)17(18(21,22)23)26-28(11)9-7-15(29)24-14-6-8-27(25-14)10-12-2-4-13(20)5-3-12/h2-6,8H,7,9-10H2,1H3,(H,24,25,29). The van der Waals surface area contributed by atoms with Crippen LogP contribution in [0.1, 0.15) is 23.4 Å². The number of aromatic nitrogens is 4. The summed E-state index contributed by atoms with van der Waals surface area (Å²) in [6, 6.07) is 7.56. The molecule has 1 aromatic carbocycles. The number of halogens is 5. The van der Waals surface area contributed by atoms with Crippen molar-refractivity contribution >= 4 is 27.7 Å². The first-order valence-corrected chi connectivity index (χ1v) is 9.30. The van der Waals surface area contributed by atoms with Crippen LogP contribution in [0.4, 0.5) is 23.4 Å². The van der Waals surface area contributed by atoms with Gasteiger partial charge in [-0.25, -0.2) is 4.39 Å². The van der Waals surface area contributed by atoms with E-state index in [4.69, 9.17) is 0 Å². The molecular weight excluding hydrogens is 458 g/mol. The zero-order valence-electron chi connectivity index (χ0n) is 15.2. The van der Waals surface area contributed by atoms with Gasteiger partial charge in [-0.2, -0.15) is 23.4 Å². The summed E-state index contributed by atoms with van der Waals surface area (Å²) in [6.45, 7) is 1.88. The number of hydrogen-bond donors (Lipinski definition) is 1. The van der Waals surface area contributed by atoms with Gasteiger partial charge in [-0.1, -0.05) is 12.1 Å². The number of anilines is 1. The SMILES string of the molecule is Cc1c(Br)c(C(F)(F)F)nn1CCC(=O)Nc1ccn(Cc2ccc(F)cc2)n1. The molecular formula is C18H16BrF4N5O. The van der Waals surface area contributed by atoms with Crippen LogP contribution in [0.3, 0.4) is 0 Å². The number of nitrogens with one attached hydrogen (secondary N) is 1. The maximum atomic E-state index is 12.9. The Balaban J connectivity index is 1.56. The Morgan fingerprint density at radius 2 is 1.86 bits per heavy atom. The Labute approximate surface area is 171 Å². The fourth-order valence-electron chi connectivity index (χ4n) is 2.63. The topological polar surface area (TPSA) is 64.7 Å². The maximum Gasteiger partial charge on any atom is 0.436 e. The Morgan fingerprint density at radius 3 is 2.48 bits per heavy atom. The van der Waals surface area contributed by atoms with E-state index >= 15 is 0 Å². The Bertz CT molecular complexity index is 1010. The van der Waals surface area contributed by atoms with Crippen LogP contribution in [-0.2, 0) is 24.1 Å². The third-order valence-electron chi connectivity index (χ3n) is 4.12. The van der Waals surface area contributed by atoms with Crippen molar-refractivity contribution in [3.05, 3.63) is 63.8 Å². The lowest BCUT2D eigenvalue weighted by Crippen LogP contribution is -2.16. The molecule has 0 unspecified atom stereocenters. The summed E-state index contributed by atoms with van der Waals surface area (Å²) in [5.74, 6) is -0.424. The van der Waals surface area contributed by atoms with Crippen LogP contribution >= 0.6 is 15.9 Å². The normalized spacial score (nSPS) is 11.7. The first-order chi connectivity index (χ1) is 13.6. The van der Waals surface area contributed by atoms with Gasteiger partial charge in [-0.15, -0.1) is 0 Å². The van der Waals surface area contributed by atoms with Gasteiger partial charge in [0.15, 0.2) is 11.5 Å². The molecule has 1 N–H and O–H groups in total. The maximum absolute atomic E-state index is 12.9. The third kappa shape index (κ3) is 5.22. The van der Waals surface area contributed by atoms with Crippen molar-refractivity contribution in [1.29, 1.82) is 0 Å². The molecule has 6 nitrogen and oxygen atoms in total. The minimum Gasteiger partial charge on any atom is -0.309 e. The van der Waals surface area contributed by atoms with E-state index in [1.54, 1.807) is 29.1 Å². The van der Waals surface area contributed by atoms with Gasteiger partial charge in [0, 0.05) is 18.7 Å². The van der Waals surface area contributed by atoms with Gasteiger partial charge in [0.1, 0.15) is 5.82 Å². The minimum absolute atomic E-state index is 0.0113. The number of benzene rings is 1. The van der Waals surface area contributed by atoms with Gasteiger partial charge >= 0.3 is 6.18 Å².